The maximum atomic E-state index is 11.3. The van der Waals surface area contributed by atoms with E-state index in [-0.39, 0.29) is 10.8 Å². The van der Waals surface area contributed by atoms with Gasteiger partial charge in [0, 0.05) is 22.0 Å². The molecule has 36 heavy (non-hydrogen) atoms. The van der Waals surface area contributed by atoms with Crippen LogP contribution in [0.5, 0.6) is 11.5 Å². The second-order valence-electron chi connectivity index (χ2n) is 10.5. The molecule has 2 nitrogen and oxygen atoms in total. The molecule has 0 bridgehead atoms. The van der Waals surface area contributed by atoms with Crippen molar-refractivity contribution in [2.75, 3.05) is 0 Å². The number of benzene rings is 4. The summed E-state index contributed by atoms with van der Waals surface area (Å²) in [6.45, 7) is 12.7. The molecule has 4 heteroatoms. The van der Waals surface area contributed by atoms with Crippen LogP contribution in [0.1, 0.15) is 61.1 Å². The van der Waals surface area contributed by atoms with Crippen LogP contribution in [-0.2, 0) is 10.8 Å². The first-order chi connectivity index (χ1) is 17.0. The maximum Gasteiger partial charge on any atom is 0.134 e. The first kappa shape index (κ1) is 26.2. The van der Waals surface area contributed by atoms with Gasteiger partial charge in [0.25, 0.3) is 0 Å². The largest absolute Gasteiger partial charge is 0.506 e. The molecule has 0 heterocycles. The predicted octanol–water partition coefficient (Wildman–Crippen LogP) is 9.17. The van der Waals surface area contributed by atoms with Crippen molar-refractivity contribution in [1.29, 1.82) is 0 Å². The molecule has 0 radical (unpaired) electrons. The lowest BCUT2D eigenvalue weighted by molar-refractivity contribution is 0.439. The lowest BCUT2D eigenvalue weighted by atomic mass is 9.77. The number of aryl methyl sites for hydroxylation is 2. The van der Waals surface area contributed by atoms with Crippen LogP contribution in [0.25, 0.3) is 0 Å². The predicted molar refractivity (Wildman–Crippen MR) is 155 cm³/mol. The van der Waals surface area contributed by atoms with E-state index in [4.69, 9.17) is 0 Å². The van der Waals surface area contributed by atoms with Crippen LogP contribution in [0.3, 0.4) is 0 Å². The lowest BCUT2D eigenvalue weighted by Gasteiger charge is -2.29. The van der Waals surface area contributed by atoms with Crippen LogP contribution in [0.2, 0.25) is 0 Å². The fourth-order valence-electron chi connectivity index (χ4n) is 4.68. The minimum Gasteiger partial charge on any atom is -0.506 e. The van der Waals surface area contributed by atoms with Gasteiger partial charge in [-0.25, -0.2) is 0 Å². The second-order valence-corrected chi connectivity index (χ2v) is 12.7. The van der Waals surface area contributed by atoms with E-state index in [1.54, 1.807) is 0 Å². The Morgan fingerprint density at radius 3 is 1.19 bits per heavy atom. The Labute approximate surface area is 223 Å². The molecule has 0 spiro atoms. The zero-order chi connectivity index (χ0) is 26.1. The topological polar surface area (TPSA) is 40.5 Å². The molecule has 0 aliphatic heterocycles. The number of phenolic OH excluding ortho intramolecular Hbond substituents is 2. The Balaban J connectivity index is 1.68. The molecular weight excluding hydrogens is 480 g/mol. The highest BCUT2D eigenvalue weighted by Gasteiger charge is 2.30. The Bertz CT molecular complexity index is 1250. The van der Waals surface area contributed by atoms with E-state index >= 15 is 0 Å². The monoisotopic (exact) mass is 514 g/mol. The molecule has 0 fully saturated rings. The molecule has 186 valence electrons. The molecule has 0 aliphatic rings. The molecule has 4 rings (SSSR count). The first-order valence-electron chi connectivity index (χ1n) is 12.2. The Morgan fingerprint density at radius 1 is 0.528 bits per heavy atom. The SMILES string of the molecule is Cc1cc(SSc2cc(C)cc(C(C)(C)c3ccccc3)c2O)c(O)c(C(C)(C)c2ccccc2)c1. The van der Waals surface area contributed by atoms with Gasteiger partial charge in [0.15, 0.2) is 0 Å². The molecule has 2 N–H and O–H groups in total. The van der Waals surface area contributed by atoms with Crippen molar-refractivity contribution in [1.82, 2.24) is 0 Å². The van der Waals surface area contributed by atoms with Crippen LogP contribution in [0.15, 0.2) is 94.7 Å². The third-order valence-electron chi connectivity index (χ3n) is 7.00. The summed E-state index contributed by atoms with van der Waals surface area (Å²) in [5, 5.41) is 22.7. The van der Waals surface area contributed by atoms with Gasteiger partial charge in [-0.2, -0.15) is 0 Å². The number of phenols is 2. The zero-order valence-corrected chi connectivity index (χ0v) is 23.4. The highest BCUT2D eigenvalue weighted by atomic mass is 33.1. The van der Waals surface area contributed by atoms with Crippen LogP contribution >= 0.6 is 21.6 Å². The number of hydrogen-bond acceptors (Lipinski definition) is 4. The second kappa shape index (κ2) is 10.3. The smallest absolute Gasteiger partial charge is 0.134 e. The number of aromatic hydroxyl groups is 2. The van der Waals surface area contributed by atoms with Crippen molar-refractivity contribution in [3.63, 3.8) is 0 Å². The van der Waals surface area contributed by atoms with Crippen molar-refractivity contribution >= 4 is 21.6 Å². The summed E-state index contributed by atoms with van der Waals surface area (Å²) in [7, 11) is 2.97. The van der Waals surface area contributed by atoms with E-state index in [1.165, 1.54) is 21.6 Å². The summed E-state index contributed by atoms with van der Waals surface area (Å²) >= 11 is 0. The molecule has 0 aromatic heterocycles. The third kappa shape index (κ3) is 5.16. The summed E-state index contributed by atoms with van der Waals surface area (Å²) in [5.41, 5.74) is 5.58. The molecule has 0 saturated heterocycles. The van der Waals surface area contributed by atoms with Gasteiger partial charge in [0.2, 0.25) is 0 Å². The molecular formula is C32H34O2S2. The lowest BCUT2D eigenvalue weighted by Crippen LogP contribution is -2.19. The molecule has 0 aliphatic carbocycles. The molecule has 4 aromatic rings. The van der Waals surface area contributed by atoms with E-state index in [0.717, 1.165) is 43.2 Å². The van der Waals surface area contributed by atoms with E-state index in [2.05, 4.69) is 77.9 Å². The fourth-order valence-corrected chi connectivity index (χ4v) is 7.01. The van der Waals surface area contributed by atoms with Crippen LogP contribution in [-0.4, -0.2) is 10.2 Å². The van der Waals surface area contributed by atoms with E-state index < -0.39 is 0 Å². The molecule has 0 atom stereocenters. The van der Waals surface area contributed by atoms with Crippen LogP contribution < -0.4 is 0 Å². The summed E-state index contributed by atoms with van der Waals surface area (Å²) in [6.07, 6.45) is 0. The van der Waals surface area contributed by atoms with Crippen molar-refractivity contribution in [2.45, 2.75) is 62.2 Å². The van der Waals surface area contributed by atoms with Gasteiger partial charge in [-0.05, 0) is 69.8 Å². The molecule has 0 amide bonds. The molecule has 0 saturated carbocycles. The van der Waals surface area contributed by atoms with E-state index in [0.29, 0.717) is 11.5 Å². The highest BCUT2D eigenvalue weighted by Crippen LogP contribution is 2.51. The van der Waals surface area contributed by atoms with Gasteiger partial charge in [-0.15, -0.1) is 0 Å². The Morgan fingerprint density at radius 2 is 0.861 bits per heavy atom. The van der Waals surface area contributed by atoms with Crippen molar-refractivity contribution in [3.05, 3.63) is 118 Å². The first-order valence-corrected chi connectivity index (χ1v) is 14.3. The molecule has 4 aromatic carbocycles. The minimum absolute atomic E-state index is 0.295. The molecule has 0 unspecified atom stereocenters. The normalized spacial score (nSPS) is 12.1. The highest BCUT2D eigenvalue weighted by molar-refractivity contribution is 8.76. The third-order valence-corrected chi connectivity index (χ3v) is 9.39. The van der Waals surface area contributed by atoms with Gasteiger partial charge in [-0.1, -0.05) is 100 Å². The Hall–Kier alpha value is -2.82. The van der Waals surface area contributed by atoms with Crippen LogP contribution in [0.4, 0.5) is 0 Å². The average molecular weight is 515 g/mol. The Kier molecular flexibility index (Phi) is 7.49. The van der Waals surface area contributed by atoms with Gasteiger partial charge >= 0.3 is 0 Å². The summed E-state index contributed by atoms with van der Waals surface area (Å²) in [5.74, 6) is 0.591. The summed E-state index contributed by atoms with van der Waals surface area (Å²) in [4.78, 5) is 1.59. The van der Waals surface area contributed by atoms with Gasteiger partial charge in [0.1, 0.15) is 11.5 Å². The maximum absolute atomic E-state index is 11.3. The van der Waals surface area contributed by atoms with Crippen molar-refractivity contribution in [3.8, 4) is 11.5 Å². The van der Waals surface area contributed by atoms with E-state index in [1.807, 2.05) is 48.5 Å². The average Bonchev–Trinajstić information content (AvgIpc) is 2.86. The van der Waals surface area contributed by atoms with Gasteiger partial charge < -0.3 is 10.2 Å². The minimum atomic E-state index is -0.351. The zero-order valence-electron chi connectivity index (χ0n) is 21.8. The van der Waals surface area contributed by atoms with E-state index in [9.17, 15) is 10.2 Å². The number of rotatable bonds is 7. The van der Waals surface area contributed by atoms with Gasteiger partial charge in [0.05, 0.1) is 9.79 Å². The fraction of sp³-hybridized carbons (Fsp3) is 0.250. The van der Waals surface area contributed by atoms with Crippen LogP contribution in [0, 0.1) is 13.8 Å². The van der Waals surface area contributed by atoms with Crippen molar-refractivity contribution in [2.24, 2.45) is 0 Å². The summed E-state index contributed by atoms with van der Waals surface area (Å²) in [6, 6.07) is 28.7. The van der Waals surface area contributed by atoms with Gasteiger partial charge in [-0.3, -0.25) is 0 Å². The standard InChI is InChI=1S/C32H34O2S2/c1-21-17-25(31(3,4)23-13-9-7-10-14-23)29(33)27(19-21)35-36-28-20-22(2)18-26(30(28)34)32(5,6)24-15-11-8-12-16-24/h7-20,33-34H,1-6H3. The number of hydrogen-bond donors (Lipinski definition) is 2. The quantitative estimate of drug-likeness (QED) is 0.241. The summed E-state index contributed by atoms with van der Waals surface area (Å²) < 4.78 is 0. The van der Waals surface area contributed by atoms with Crippen molar-refractivity contribution < 1.29 is 10.2 Å².